The number of ether oxygens (including phenoxy) is 3. The molecule has 2 aromatic rings. The summed E-state index contributed by atoms with van der Waals surface area (Å²) >= 11 is 0. The fraction of sp³-hybridized carbons (Fsp3) is 0.250. The third-order valence-corrected chi connectivity index (χ3v) is 3.12. The topological polar surface area (TPSA) is 68.5 Å². The van der Waals surface area contributed by atoms with Crippen LogP contribution in [0.1, 0.15) is 22.8 Å². The van der Waals surface area contributed by atoms with Gasteiger partial charge in [0.15, 0.2) is 5.75 Å². The first kappa shape index (κ1) is 14.7. The largest absolute Gasteiger partial charge is 0.495 e. The lowest BCUT2D eigenvalue weighted by Gasteiger charge is -2.16. The van der Waals surface area contributed by atoms with Gasteiger partial charge in [0.1, 0.15) is 22.9 Å². The van der Waals surface area contributed by atoms with E-state index in [2.05, 4.69) is 0 Å². The molecule has 0 unspecified atom stereocenters. The van der Waals surface area contributed by atoms with E-state index in [-0.39, 0.29) is 23.5 Å². The summed E-state index contributed by atoms with van der Waals surface area (Å²) in [5.41, 5.74) is 0.425. The van der Waals surface area contributed by atoms with E-state index in [1.165, 1.54) is 14.2 Å². The molecule has 0 aliphatic heterocycles. The van der Waals surface area contributed by atoms with E-state index >= 15 is 0 Å². The molecule has 108 valence electrons. The molecule has 0 aliphatic rings. The lowest BCUT2D eigenvalue weighted by molar-refractivity contribution is 0.0525. The van der Waals surface area contributed by atoms with Gasteiger partial charge in [-0.25, -0.2) is 4.79 Å². The van der Waals surface area contributed by atoms with E-state index in [0.29, 0.717) is 16.5 Å². The van der Waals surface area contributed by atoms with Crippen LogP contribution in [0.2, 0.25) is 0 Å². The summed E-state index contributed by atoms with van der Waals surface area (Å²) in [6.07, 6.45) is 0. The predicted octanol–water partition coefficient (Wildman–Crippen LogP) is 2.91. The Morgan fingerprint density at radius 2 is 1.76 bits per heavy atom. The minimum Gasteiger partial charge on any atom is -0.495 e. The van der Waals surface area contributed by atoms with E-state index in [9.17, 15) is 10.1 Å². The van der Waals surface area contributed by atoms with Crippen LogP contribution in [-0.4, -0.2) is 26.8 Å². The molecule has 5 heteroatoms. The van der Waals surface area contributed by atoms with Gasteiger partial charge in [-0.3, -0.25) is 0 Å². The van der Waals surface area contributed by atoms with Crippen molar-refractivity contribution >= 4 is 16.7 Å². The second kappa shape index (κ2) is 6.14. The molecule has 2 aromatic carbocycles. The van der Waals surface area contributed by atoms with Crippen molar-refractivity contribution in [1.29, 1.82) is 5.26 Å². The summed E-state index contributed by atoms with van der Waals surface area (Å²) in [5, 5.41) is 10.7. The van der Waals surface area contributed by atoms with Gasteiger partial charge >= 0.3 is 5.97 Å². The number of rotatable bonds is 4. The Hall–Kier alpha value is -2.74. The summed E-state index contributed by atoms with van der Waals surface area (Å²) in [7, 11) is 2.89. The Labute approximate surface area is 122 Å². The average molecular weight is 285 g/mol. The SMILES string of the molecule is CCOC(=O)c1c(OC)c(C#N)c(OC)c2ccccc12. The molecule has 0 aliphatic carbocycles. The molecule has 0 heterocycles. The molecule has 0 fully saturated rings. The van der Waals surface area contributed by atoms with Crippen molar-refractivity contribution in [3.8, 4) is 17.6 Å². The van der Waals surface area contributed by atoms with E-state index in [4.69, 9.17) is 14.2 Å². The number of methoxy groups -OCH3 is 2. The van der Waals surface area contributed by atoms with Gasteiger partial charge in [-0.05, 0) is 6.92 Å². The van der Waals surface area contributed by atoms with E-state index in [0.717, 1.165) is 0 Å². The van der Waals surface area contributed by atoms with Gasteiger partial charge in [0.05, 0.1) is 20.8 Å². The smallest absolute Gasteiger partial charge is 0.342 e. The van der Waals surface area contributed by atoms with Crippen LogP contribution < -0.4 is 9.47 Å². The minimum absolute atomic E-state index is 0.173. The average Bonchev–Trinajstić information content (AvgIpc) is 2.52. The summed E-state index contributed by atoms with van der Waals surface area (Å²) < 4.78 is 15.7. The molecule has 0 aromatic heterocycles. The number of nitrogens with zero attached hydrogens (tertiary/aromatic N) is 1. The highest BCUT2D eigenvalue weighted by molar-refractivity contribution is 6.10. The normalized spacial score (nSPS) is 10.0. The first-order valence-electron chi connectivity index (χ1n) is 6.43. The van der Waals surface area contributed by atoms with Crippen molar-refractivity contribution in [1.82, 2.24) is 0 Å². The van der Waals surface area contributed by atoms with Gasteiger partial charge in [-0.15, -0.1) is 0 Å². The van der Waals surface area contributed by atoms with Gasteiger partial charge in [0, 0.05) is 10.8 Å². The second-order valence-corrected chi connectivity index (χ2v) is 4.19. The van der Waals surface area contributed by atoms with Crippen molar-refractivity contribution in [2.75, 3.05) is 20.8 Å². The molecular weight excluding hydrogens is 270 g/mol. The third-order valence-electron chi connectivity index (χ3n) is 3.12. The van der Waals surface area contributed by atoms with Crippen molar-refractivity contribution < 1.29 is 19.0 Å². The molecule has 2 rings (SSSR count). The Balaban J connectivity index is 2.95. The molecule has 0 spiro atoms. The number of hydrogen-bond donors (Lipinski definition) is 0. The quantitative estimate of drug-likeness (QED) is 0.808. The van der Waals surface area contributed by atoms with Crippen LogP contribution in [0.4, 0.5) is 0 Å². The van der Waals surface area contributed by atoms with E-state index < -0.39 is 5.97 Å². The van der Waals surface area contributed by atoms with Crippen LogP contribution >= 0.6 is 0 Å². The minimum atomic E-state index is -0.523. The molecule has 0 saturated carbocycles. The molecule has 0 atom stereocenters. The lowest BCUT2D eigenvalue weighted by atomic mass is 9.98. The Kier molecular flexibility index (Phi) is 4.29. The zero-order chi connectivity index (χ0) is 15.4. The lowest BCUT2D eigenvalue weighted by Crippen LogP contribution is -2.10. The number of nitriles is 1. The van der Waals surface area contributed by atoms with Gasteiger partial charge in [0.25, 0.3) is 0 Å². The van der Waals surface area contributed by atoms with Crippen LogP contribution in [0.3, 0.4) is 0 Å². The predicted molar refractivity (Wildman–Crippen MR) is 77.7 cm³/mol. The fourth-order valence-electron chi connectivity index (χ4n) is 2.31. The highest BCUT2D eigenvalue weighted by atomic mass is 16.5. The Morgan fingerprint density at radius 1 is 1.14 bits per heavy atom. The number of fused-ring (bicyclic) bond motifs is 1. The molecular formula is C16H15NO4. The van der Waals surface area contributed by atoms with Gasteiger partial charge in [-0.1, -0.05) is 24.3 Å². The van der Waals surface area contributed by atoms with E-state index in [1.807, 2.05) is 12.1 Å². The first-order chi connectivity index (χ1) is 10.2. The first-order valence-corrected chi connectivity index (χ1v) is 6.43. The zero-order valence-electron chi connectivity index (χ0n) is 12.1. The monoisotopic (exact) mass is 285 g/mol. The number of carbonyl (C=O) groups is 1. The number of esters is 1. The van der Waals surface area contributed by atoms with Gasteiger partial charge in [0.2, 0.25) is 0 Å². The van der Waals surface area contributed by atoms with Crippen molar-refractivity contribution in [3.63, 3.8) is 0 Å². The summed E-state index contributed by atoms with van der Waals surface area (Å²) in [6, 6.07) is 9.21. The summed E-state index contributed by atoms with van der Waals surface area (Å²) in [5.74, 6) is 0.0363. The molecule has 0 bridgehead atoms. The third kappa shape index (κ3) is 2.36. The highest BCUT2D eigenvalue weighted by Gasteiger charge is 2.25. The van der Waals surface area contributed by atoms with Crippen LogP contribution in [0, 0.1) is 11.3 Å². The van der Waals surface area contributed by atoms with Crippen molar-refractivity contribution in [3.05, 3.63) is 35.4 Å². The zero-order valence-corrected chi connectivity index (χ0v) is 12.1. The van der Waals surface area contributed by atoms with Crippen molar-refractivity contribution in [2.24, 2.45) is 0 Å². The number of benzene rings is 2. The summed E-state index contributed by atoms with van der Waals surface area (Å²) in [4.78, 5) is 12.3. The standard InChI is InChI=1S/C16H15NO4/c1-4-21-16(18)13-10-7-5-6-8-11(10)14(19-2)12(9-17)15(13)20-3/h5-8H,4H2,1-3H3. The Bertz CT molecular complexity index is 731. The van der Waals surface area contributed by atoms with Crippen LogP contribution in [0.25, 0.3) is 10.8 Å². The van der Waals surface area contributed by atoms with Crippen LogP contribution in [0.5, 0.6) is 11.5 Å². The van der Waals surface area contributed by atoms with Crippen LogP contribution in [-0.2, 0) is 4.74 Å². The maximum Gasteiger partial charge on any atom is 0.342 e. The van der Waals surface area contributed by atoms with Gasteiger partial charge < -0.3 is 14.2 Å². The summed E-state index contributed by atoms with van der Waals surface area (Å²) in [6.45, 7) is 1.96. The van der Waals surface area contributed by atoms with E-state index in [1.54, 1.807) is 25.1 Å². The number of carbonyl (C=O) groups excluding carboxylic acids is 1. The molecule has 0 N–H and O–H groups in total. The maximum absolute atomic E-state index is 12.3. The Morgan fingerprint density at radius 3 is 2.29 bits per heavy atom. The molecule has 0 radical (unpaired) electrons. The molecule has 21 heavy (non-hydrogen) atoms. The fourth-order valence-corrected chi connectivity index (χ4v) is 2.31. The molecule has 0 saturated heterocycles. The highest BCUT2D eigenvalue weighted by Crippen LogP contribution is 2.40. The van der Waals surface area contributed by atoms with Gasteiger partial charge in [-0.2, -0.15) is 5.26 Å². The number of hydrogen-bond acceptors (Lipinski definition) is 5. The molecule has 5 nitrogen and oxygen atoms in total. The van der Waals surface area contributed by atoms with Crippen molar-refractivity contribution in [2.45, 2.75) is 6.92 Å². The molecule has 0 amide bonds. The second-order valence-electron chi connectivity index (χ2n) is 4.19. The van der Waals surface area contributed by atoms with Crippen LogP contribution in [0.15, 0.2) is 24.3 Å². The maximum atomic E-state index is 12.3.